The Hall–Kier alpha value is -14.5. The fourth-order valence-electron chi connectivity index (χ4n) is 19.6. The summed E-state index contributed by atoms with van der Waals surface area (Å²) < 4.78 is 71.8. The van der Waals surface area contributed by atoms with Gasteiger partial charge in [-0.1, -0.05) is 428 Å². The molecule has 10 heteroatoms. The fourth-order valence-corrected chi connectivity index (χ4v) is 19.6. The van der Waals surface area contributed by atoms with E-state index in [-0.39, 0.29) is 49.3 Å². The average Bonchev–Trinajstić information content (AvgIpc) is 1.57. The van der Waals surface area contributed by atoms with Gasteiger partial charge in [0.1, 0.15) is 23.3 Å². The van der Waals surface area contributed by atoms with Crippen LogP contribution in [0.5, 0.6) is 0 Å². The number of aromatic nitrogens is 10. The fraction of sp³-hybridized carbons (Fsp3) is 0.273. The van der Waals surface area contributed by atoms with Crippen LogP contribution in [0, 0.1) is 6.85 Å². The van der Waals surface area contributed by atoms with Crippen LogP contribution in [-0.2, 0) is 50.7 Å². The van der Waals surface area contributed by atoms with Gasteiger partial charge in [-0.3, -0.25) is 33.2 Å². The monoisotopic (exact) mass is 1880 g/mol. The van der Waals surface area contributed by atoms with Gasteiger partial charge in [-0.15, -0.1) is 0 Å². The number of nitrogens with zero attached hydrogens (tertiary/aromatic N) is 10. The Kier molecular flexibility index (Phi) is 26.0. The Labute approximate surface area is 854 Å². The van der Waals surface area contributed by atoms with Gasteiger partial charge in [-0.2, -0.15) is 0 Å². The van der Waals surface area contributed by atoms with Crippen LogP contribution >= 0.6 is 0 Å². The molecule has 10 nitrogen and oxygen atoms in total. The van der Waals surface area contributed by atoms with Crippen molar-refractivity contribution in [3.8, 4) is 56.8 Å². The zero-order valence-corrected chi connectivity index (χ0v) is 87.5. The molecule has 0 atom stereocenters. The van der Waals surface area contributed by atoms with Crippen LogP contribution < -0.4 is 0 Å². The number of fused-ring (bicyclic) bond motifs is 12. The predicted molar refractivity (Wildman–Crippen MR) is 608 cm³/mol. The third-order valence-electron chi connectivity index (χ3n) is 26.4. The van der Waals surface area contributed by atoms with Gasteiger partial charge in [0.2, 0.25) is 0 Å². The number of benzene rings is 11. The standard InChI is InChI=1S/C33H27N3.C27H24N2.C23H24N2.C21H21N.C16H27N.C12H19N/c1-33(2,3)26-20-21-31(35-27-16-8-4-12-22(27)23-13-5-9-17-28(23)35)34-32(26)36-29-18-10-6-14-24(29)25-15-7-11-19-30(25)36;1-27(2,3)22-17-18-25(28-26(22)19-11-5-4-6-12-19)29-23-15-9-7-13-20(23)21-14-8-10-16-24(21)29;1-5-19-18(23(2,3)4)14-15-22(24-19)25-20-12-8-6-10-16(20)17-11-7-9-13-21(17)25;1-21(2,3)20-18(16-10-6-4-7-11-16)14-22-15-19(20)17-12-8-5-9-13-17;1-11(2)12-9-17-10-13(15(3,4)5)14(12)16(6,7)8;1-6-11-8-10(12(3,4)5)7-9(2)13-11/h4-21H,1-3H3;4-18H,1-3H3;6-15H,5H2,1-4H3;4-15H,1-3H3;9-11H,1-8H3;7-8H,6H2,1-5H3/i;;5D2;;11D;2D3,6D2. The van der Waals surface area contributed by atoms with Gasteiger partial charge < -0.3 is 0 Å². The summed E-state index contributed by atoms with van der Waals surface area (Å²) in [4.78, 5) is 28.3. The second-order valence-electron chi connectivity index (χ2n) is 44.3. The molecule has 142 heavy (non-hydrogen) atoms. The van der Waals surface area contributed by atoms with Crippen molar-refractivity contribution in [2.45, 2.75) is 236 Å². The lowest BCUT2D eigenvalue weighted by Gasteiger charge is -2.32. The highest BCUT2D eigenvalue weighted by Crippen LogP contribution is 2.45. The van der Waals surface area contributed by atoms with Crippen molar-refractivity contribution >= 4 is 87.2 Å². The van der Waals surface area contributed by atoms with E-state index in [1.54, 1.807) is 19.1 Å². The van der Waals surface area contributed by atoms with Gasteiger partial charge in [0, 0.05) is 118 Å². The molecule has 720 valence electrons. The second kappa shape index (κ2) is 41.0. The lowest BCUT2D eigenvalue weighted by Crippen LogP contribution is -2.24. The Morgan fingerprint density at radius 3 is 0.930 bits per heavy atom. The number of para-hydroxylation sites is 8. The number of aryl methyl sites for hydroxylation is 3. The minimum Gasteiger partial charge on any atom is -0.294 e. The first-order valence-electron chi connectivity index (χ1n) is 53.6. The molecule has 0 fully saturated rings. The summed E-state index contributed by atoms with van der Waals surface area (Å²) in [5, 5.41) is 9.85. The molecule has 21 rings (SSSR count). The molecule has 0 aliphatic rings. The summed E-state index contributed by atoms with van der Waals surface area (Å²) in [5.74, 6) is 3.00. The predicted octanol–water partition coefficient (Wildman–Crippen LogP) is 35.5. The summed E-state index contributed by atoms with van der Waals surface area (Å²) >= 11 is 0. The van der Waals surface area contributed by atoms with Crippen LogP contribution in [0.2, 0.25) is 0 Å². The summed E-state index contributed by atoms with van der Waals surface area (Å²) in [6, 6.07) is 116. The summed E-state index contributed by atoms with van der Waals surface area (Å²) in [6.07, 6.45) is 4.64. The van der Waals surface area contributed by atoms with E-state index in [1.807, 2.05) is 95.8 Å². The molecule has 0 aliphatic heterocycles. The highest BCUT2D eigenvalue weighted by molar-refractivity contribution is 6.12. The van der Waals surface area contributed by atoms with Crippen molar-refractivity contribution in [1.82, 2.24) is 48.2 Å². The molecule has 0 amide bonds. The number of pyridine rings is 6. The van der Waals surface area contributed by atoms with E-state index >= 15 is 0 Å². The minimum atomic E-state index is -2.32. The molecule has 11 aromatic carbocycles. The molecule has 0 aliphatic carbocycles. The molecule has 0 unspecified atom stereocenters. The van der Waals surface area contributed by atoms with E-state index in [0.717, 1.165) is 62.3 Å². The molecule has 0 spiro atoms. The van der Waals surface area contributed by atoms with E-state index in [4.69, 9.17) is 25.9 Å². The molecular weight excluding hydrogens is 1730 g/mol. The molecule has 21 aromatic rings. The number of hydrogen-bond acceptors (Lipinski definition) is 6. The third kappa shape index (κ3) is 21.3. The first kappa shape index (κ1) is 90.1. The summed E-state index contributed by atoms with van der Waals surface area (Å²) in [5.41, 5.74) is 25.7. The van der Waals surface area contributed by atoms with Gasteiger partial charge in [-0.25, -0.2) is 15.0 Å². The van der Waals surface area contributed by atoms with Gasteiger partial charge in [-0.05, 0) is 192 Å². The zero-order chi connectivity index (χ0) is 108. The lowest BCUT2D eigenvalue weighted by molar-refractivity contribution is 0.518. The van der Waals surface area contributed by atoms with Crippen molar-refractivity contribution in [3.05, 3.63) is 420 Å². The third-order valence-corrected chi connectivity index (χ3v) is 26.4. The Morgan fingerprint density at radius 1 is 0.282 bits per heavy atom. The number of rotatable bonds is 10. The molecule has 10 heterocycles. The largest absolute Gasteiger partial charge is 0.294 e. The first-order valence-corrected chi connectivity index (χ1v) is 49.6. The first-order chi connectivity index (χ1) is 70.5. The molecule has 0 radical (unpaired) electrons. The Bertz CT molecular complexity index is 8070. The van der Waals surface area contributed by atoms with E-state index in [0.29, 0.717) is 5.69 Å². The Morgan fingerprint density at radius 2 is 0.599 bits per heavy atom. The average molecular weight is 1880 g/mol. The van der Waals surface area contributed by atoms with Gasteiger partial charge in [0.05, 0.1) is 49.8 Å². The van der Waals surface area contributed by atoms with Crippen LogP contribution in [0.25, 0.3) is 144 Å². The molecular formula is C132H142N10. The smallest absolute Gasteiger partial charge is 0.143 e. The quantitative estimate of drug-likeness (QED) is 0.135. The van der Waals surface area contributed by atoms with Crippen molar-refractivity contribution < 1.29 is 11.0 Å². The van der Waals surface area contributed by atoms with Gasteiger partial charge in [0.25, 0.3) is 0 Å². The minimum absolute atomic E-state index is 0.0114. The van der Waals surface area contributed by atoms with Crippen molar-refractivity contribution in [2.75, 3.05) is 0 Å². The van der Waals surface area contributed by atoms with Crippen molar-refractivity contribution in [1.29, 1.82) is 0 Å². The molecule has 0 saturated carbocycles. The van der Waals surface area contributed by atoms with Crippen LogP contribution in [0.15, 0.2) is 358 Å². The Balaban J connectivity index is 0.000000131. The van der Waals surface area contributed by atoms with E-state index in [1.165, 1.54) is 133 Å². The van der Waals surface area contributed by atoms with Crippen molar-refractivity contribution in [3.63, 3.8) is 0 Å². The number of hydrogen-bond donors (Lipinski definition) is 0. The topological polar surface area (TPSA) is 97.1 Å². The van der Waals surface area contributed by atoms with Gasteiger partial charge >= 0.3 is 0 Å². The zero-order valence-electron chi connectivity index (χ0n) is 95.5. The van der Waals surface area contributed by atoms with E-state index < -0.39 is 25.5 Å². The molecule has 10 aromatic heterocycles. The van der Waals surface area contributed by atoms with Crippen LogP contribution in [-0.4, -0.2) is 48.2 Å². The van der Waals surface area contributed by atoms with Crippen LogP contribution in [0.3, 0.4) is 0 Å². The maximum Gasteiger partial charge on any atom is 0.143 e. The van der Waals surface area contributed by atoms with Crippen LogP contribution in [0.1, 0.15) is 252 Å². The lowest BCUT2D eigenvalue weighted by atomic mass is 9.73. The summed E-state index contributed by atoms with van der Waals surface area (Å²) in [7, 11) is 0. The van der Waals surface area contributed by atoms with Gasteiger partial charge in [0.15, 0.2) is 0 Å². The molecule has 0 saturated heterocycles. The molecule has 0 N–H and O–H groups in total. The summed E-state index contributed by atoms with van der Waals surface area (Å²) in [6.45, 7) is 50.3. The maximum atomic E-state index is 8.35. The molecule has 0 bridgehead atoms. The van der Waals surface area contributed by atoms with Crippen LogP contribution in [0.4, 0.5) is 0 Å². The van der Waals surface area contributed by atoms with Crippen molar-refractivity contribution in [2.24, 2.45) is 0 Å². The highest BCUT2D eigenvalue weighted by atomic mass is 15.1. The SMILES string of the molecule is CC(C)(C)c1c(-c2ccccc2)cncc1-c1ccccc1.CC(C)(C)c1ccc(-n2c3ccccc3c3ccccc32)nc1-c1ccccc1.CC(C)(C)c1ccc(-n2c3ccccc3c3ccccc32)nc1-n1c2ccccc2c2ccccc21.[2H]C(C)(C)c1cncc(C(C)(C)C)c1C(C)(C)C.[2H]C([2H])(C)c1nc(-n2c3ccccc3c3ccccc32)ccc1C(C)(C)C.[2H]C([2H])([2H])c1cc(C(C)(C)C)cc(C([2H])([2H])C)n1. The highest BCUT2D eigenvalue weighted by Gasteiger charge is 2.32. The maximum absolute atomic E-state index is 8.35. The van der Waals surface area contributed by atoms with E-state index in [9.17, 15) is 0 Å². The second-order valence-corrected chi connectivity index (χ2v) is 44.3. The normalized spacial score (nSPS) is 13.3. The van der Waals surface area contributed by atoms with E-state index in [2.05, 4.69) is 443 Å².